The first kappa shape index (κ1) is 8.52. The highest BCUT2D eigenvalue weighted by Crippen LogP contribution is 1.96. The van der Waals surface area contributed by atoms with Crippen molar-refractivity contribution in [2.24, 2.45) is 7.05 Å². The highest BCUT2D eigenvalue weighted by Gasteiger charge is 1.94. The van der Waals surface area contributed by atoms with Crippen molar-refractivity contribution in [1.82, 2.24) is 9.55 Å². The second-order valence-electron chi connectivity index (χ2n) is 2.25. The Hall–Kier alpha value is -1.58. The molecule has 4 heteroatoms. The number of carbonyl (C=O) groups excluding carboxylic acids is 1. The summed E-state index contributed by atoms with van der Waals surface area (Å²) >= 11 is 0. The van der Waals surface area contributed by atoms with Crippen LogP contribution in [-0.2, 0) is 16.6 Å². The minimum absolute atomic E-state index is 0.377. The molecule has 0 amide bonds. The molecule has 0 atom stereocenters. The minimum Gasteiger partial charge on any atom is -0.466 e. The van der Waals surface area contributed by atoms with Gasteiger partial charge in [-0.25, -0.2) is 9.78 Å². The van der Waals surface area contributed by atoms with Gasteiger partial charge in [-0.1, -0.05) is 0 Å². The van der Waals surface area contributed by atoms with E-state index in [0.717, 1.165) is 5.82 Å². The van der Waals surface area contributed by atoms with Crippen molar-refractivity contribution in [3.8, 4) is 0 Å². The molecule has 0 N–H and O–H groups in total. The van der Waals surface area contributed by atoms with Crippen LogP contribution in [0.25, 0.3) is 6.08 Å². The Bertz CT molecular complexity index is 302. The molecule has 0 aliphatic rings. The molecule has 0 aliphatic carbocycles. The number of ether oxygens (including phenoxy) is 1. The summed E-state index contributed by atoms with van der Waals surface area (Å²) in [7, 11) is 3.19. The maximum atomic E-state index is 10.7. The molecule has 0 radical (unpaired) electrons. The first-order valence-corrected chi connectivity index (χ1v) is 3.47. The number of nitrogens with zero attached hydrogens (tertiary/aromatic N) is 2. The molecule has 0 saturated carbocycles. The van der Waals surface area contributed by atoms with Gasteiger partial charge < -0.3 is 9.30 Å². The van der Waals surface area contributed by atoms with Crippen LogP contribution in [0.2, 0.25) is 0 Å². The largest absolute Gasteiger partial charge is 0.466 e. The van der Waals surface area contributed by atoms with E-state index in [-0.39, 0.29) is 5.97 Å². The molecule has 1 aromatic rings. The number of methoxy groups -OCH3 is 1. The summed E-state index contributed by atoms with van der Waals surface area (Å²) in [6, 6.07) is 0. The van der Waals surface area contributed by atoms with E-state index in [2.05, 4.69) is 9.72 Å². The Balaban J connectivity index is 2.69. The average molecular weight is 166 g/mol. The molecule has 0 saturated heterocycles. The van der Waals surface area contributed by atoms with E-state index < -0.39 is 0 Å². The molecule has 12 heavy (non-hydrogen) atoms. The molecule has 0 bridgehead atoms. The first-order valence-electron chi connectivity index (χ1n) is 3.47. The van der Waals surface area contributed by atoms with Crippen LogP contribution in [0.3, 0.4) is 0 Å². The maximum absolute atomic E-state index is 10.7. The van der Waals surface area contributed by atoms with Gasteiger partial charge in [-0.15, -0.1) is 0 Å². The Morgan fingerprint density at radius 2 is 2.50 bits per heavy atom. The summed E-state index contributed by atoms with van der Waals surface area (Å²) in [5.41, 5.74) is 0. The quantitative estimate of drug-likeness (QED) is 0.477. The van der Waals surface area contributed by atoms with Crippen LogP contribution in [0.5, 0.6) is 0 Å². The highest BCUT2D eigenvalue weighted by atomic mass is 16.5. The van der Waals surface area contributed by atoms with Gasteiger partial charge in [-0.3, -0.25) is 0 Å². The fraction of sp³-hybridized carbons (Fsp3) is 0.250. The summed E-state index contributed by atoms with van der Waals surface area (Å²) < 4.78 is 6.23. The molecule has 0 unspecified atom stereocenters. The van der Waals surface area contributed by atoms with E-state index in [1.54, 1.807) is 23.0 Å². The normalized spacial score (nSPS) is 10.5. The Morgan fingerprint density at radius 1 is 1.75 bits per heavy atom. The molecule has 0 spiro atoms. The number of aromatic nitrogens is 2. The van der Waals surface area contributed by atoms with Gasteiger partial charge in [0.1, 0.15) is 5.82 Å². The molecule has 0 aliphatic heterocycles. The number of hydrogen-bond acceptors (Lipinski definition) is 3. The number of imidazole rings is 1. The summed E-state index contributed by atoms with van der Waals surface area (Å²) in [5.74, 6) is 0.346. The van der Waals surface area contributed by atoms with Crippen molar-refractivity contribution >= 4 is 12.0 Å². The summed E-state index contributed by atoms with van der Waals surface area (Å²) in [6.45, 7) is 0. The third kappa shape index (κ3) is 1.95. The van der Waals surface area contributed by atoms with Crippen LogP contribution >= 0.6 is 0 Å². The summed E-state index contributed by atoms with van der Waals surface area (Å²) in [6.07, 6.45) is 6.40. The van der Waals surface area contributed by atoms with Crippen molar-refractivity contribution in [3.63, 3.8) is 0 Å². The zero-order valence-corrected chi connectivity index (χ0v) is 7.02. The molecule has 64 valence electrons. The van der Waals surface area contributed by atoms with Crippen LogP contribution in [0, 0.1) is 0 Å². The van der Waals surface area contributed by atoms with E-state index in [9.17, 15) is 4.79 Å². The van der Waals surface area contributed by atoms with Crippen molar-refractivity contribution < 1.29 is 9.53 Å². The fourth-order valence-electron chi connectivity index (χ4n) is 0.748. The lowest BCUT2D eigenvalue weighted by Gasteiger charge is -1.92. The van der Waals surface area contributed by atoms with Gasteiger partial charge in [-0.05, 0) is 6.08 Å². The second-order valence-corrected chi connectivity index (χ2v) is 2.25. The lowest BCUT2D eigenvalue weighted by atomic mass is 10.5. The van der Waals surface area contributed by atoms with Crippen LogP contribution < -0.4 is 0 Å². The van der Waals surface area contributed by atoms with Crippen molar-refractivity contribution in [2.75, 3.05) is 7.11 Å². The van der Waals surface area contributed by atoms with Crippen molar-refractivity contribution in [2.45, 2.75) is 0 Å². The maximum Gasteiger partial charge on any atom is 0.330 e. The third-order valence-corrected chi connectivity index (χ3v) is 1.43. The van der Waals surface area contributed by atoms with E-state index in [1.165, 1.54) is 13.2 Å². The molecule has 1 aromatic heterocycles. The van der Waals surface area contributed by atoms with Crippen molar-refractivity contribution in [3.05, 3.63) is 24.3 Å². The first-order chi connectivity index (χ1) is 5.74. The third-order valence-electron chi connectivity index (χ3n) is 1.43. The molecule has 4 nitrogen and oxygen atoms in total. The summed E-state index contributed by atoms with van der Waals surface area (Å²) in [5, 5.41) is 0. The number of hydrogen-bond donors (Lipinski definition) is 0. The van der Waals surface area contributed by atoms with Crippen LogP contribution in [0.15, 0.2) is 18.5 Å². The van der Waals surface area contributed by atoms with E-state index >= 15 is 0 Å². The van der Waals surface area contributed by atoms with Gasteiger partial charge in [0, 0.05) is 25.5 Å². The zero-order valence-electron chi connectivity index (χ0n) is 7.02. The minimum atomic E-state index is -0.377. The van der Waals surface area contributed by atoms with Crippen LogP contribution in [0.4, 0.5) is 0 Å². The Morgan fingerprint density at radius 3 is 3.00 bits per heavy atom. The Kier molecular flexibility index (Phi) is 2.63. The van der Waals surface area contributed by atoms with Crippen LogP contribution in [0.1, 0.15) is 5.82 Å². The number of esters is 1. The second kappa shape index (κ2) is 3.71. The molecule has 1 rings (SSSR count). The Labute approximate surface area is 70.5 Å². The molecule has 0 aromatic carbocycles. The van der Waals surface area contributed by atoms with E-state index in [1.807, 2.05) is 7.05 Å². The molecular formula is C8H10N2O2. The van der Waals surface area contributed by atoms with E-state index in [0.29, 0.717) is 0 Å². The van der Waals surface area contributed by atoms with E-state index in [4.69, 9.17) is 0 Å². The van der Waals surface area contributed by atoms with Gasteiger partial charge in [0.05, 0.1) is 7.11 Å². The van der Waals surface area contributed by atoms with Gasteiger partial charge >= 0.3 is 5.97 Å². The number of aryl methyl sites for hydroxylation is 1. The monoisotopic (exact) mass is 166 g/mol. The van der Waals surface area contributed by atoms with Crippen molar-refractivity contribution in [1.29, 1.82) is 0 Å². The van der Waals surface area contributed by atoms with Gasteiger partial charge in [0.2, 0.25) is 0 Å². The molecule has 1 heterocycles. The topological polar surface area (TPSA) is 44.1 Å². The fourth-order valence-corrected chi connectivity index (χ4v) is 0.748. The van der Waals surface area contributed by atoms with Gasteiger partial charge in [0.25, 0.3) is 0 Å². The summed E-state index contributed by atoms with van der Waals surface area (Å²) in [4.78, 5) is 14.7. The lowest BCUT2D eigenvalue weighted by Crippen LogP contribution is -1.95. The zero-order chi connectivity index (χ0) is 8.97. The molecular weight excluding hydrogens is 156 g/mol. The predicted molar refractivity (Wildman–Crippen MR) is 44.3 cm³/mol. The van der Waals surface area contributed by atoms with Crippen LogP contribution in [-0.4, -0.2) is 22.6 Å². The van der Waals surface area contributed by atoms with Gasteiger partial charge in [0.15, 0.2) is 0 Å². The highest BCUT2D eigenvalue weighted by molar-refractivity contribution is 5.86. The number of rotatable bonds is 2. The number of carbonyl (C=O) groups is 1. The lowest BCUT2D eigenvalue weighted by molar-refractivity contribution is -0.134. The van der Waals surface area contributed by atoms with Gasteiger partial charge in [-0.2, -0.15) is 0 Å². The SMILES string of the molecule is COC(=O)C=Cc1nccn1C. The molecule has 0 fully saturated rings. The average Bonchev–Trinajstić information content (AvgIpc) is 2.47. The predicted octanol–water partition coefficient (Wildman–Crippen LogP) is 0.606. The standard InChI is InChI=1S/C8H10N2O2/c1-10-6-5-9-7(10)3-4-8(11)12-2/h3-6H,1-2H3. The smallest absolute Gasteiger partial charge is 0.330 e.